The number of hydrogen-bond donors (Lipinski definition) is 2. The summed E-state index contributed by atoms with van der Waals surface area (Å²) in [4.78, 5) is 8.36. The maximum atomic E-state index is 6.17. The maximum Gasteiger partial charge on any atom is 0.248 e. The van der Waals surface area contributed by atoms with E-state index in [1.54, 1.807) is 0 Å². The maximum absolute atomic E-state index is 6.17. The van der Waals surface area contributed by atoms with Gasteiger partial charge in [-0.2, -0.15) is 4.98 Å². The number of aromatic nitrogens is 2. The fourth-order valence-corrected chi connectivity index (χ4v) is 2.44. The predicted molar refractivity (Wildman–Crippen MR) is 96.9 cm³/mol. The standard InChI is InChI=1S/C19H20N4O/c1-12-4-6-15(7-5-12)23-18-17(20)19(22-11-21-18)24-16-9-13(2)8-14(3)10-16/h4-11H,20H2,1-3H3,(H,21,22,23). The second-order valence-electron chi connectivity index (χ2n) is 5.86. The molecule has 0 aliphatic rings. The van der Waals surface area contributed by atoms with Gasteiger partial charge in [-0.3, -0.25) is 0 Å². The van der Waals surface area contributed by atoms with Crippen molar-refractivity contribution in [2.24, 2.45) is 0 Å². The molecule has 0 saturated carbocycles. The van der Waals surface area contributed by atoms with E-state index in [9.17, 15) is 0 Å². The number of nitrogens with one attached hydrogen (secondary N) is 1. The van der Waals surface area contributed by atoms with Crippen LogP contribution in [-0.4, -0.2) is 9.97 Å². The van der Waals surface area contributed by atoms with Crippen molar-refractivity contribution in [1.29, 1.82) is 0 Å². The summed E-state index contributed by atoms with van der Waals surface area (Å²) in [7, 11) is 0. The van der Waals surface area contributed by atoms with Crippen LogP contribution in [0.15, 0.2) is 48.8 Å². The minimum absolute atomic E-state index is 0.338. The van der Waals surface area contributed by atoms with Gasteiger partial charge in [0.25, 0.3) is 0 Å². The van der Waals surface area contributed by atoms with Crippen LogP contribution in [0, 0.1) is 20.8 Å². The summed E-state index contributed by atoms with van der Waals surface area (Å²) in [6.45, 7) is 6.08. The van der Waals surface area contributed by atoms with E-state index in [0.29, 0.717) is 23.1 Å². The Morgan fingerprint density at radius 2 is 1.54 bits per heavy atom. The molecule has 0 saturated heterocycles. The summed E-state index contributed by atoms with van der Waals surface area (Å²) in [6.07, 6.45) is 1.44. The van der Waals surface area contributed by atoms with Crippen LogP contribution >= 0.6 is 0 Å². The van der Waals surface area contributed by atoms with Gasteiger partial charge < -0.3 is 15.8 Å². The van der Waals surface area contributed by atoms with Crippen LogP contribution in [0.4, 0.5) is 17.2 Å². The van der Waals surface area contributed by atoms with Gasteiger partial charge in [-0.1, -0.05) is 23.8 Å². The molecule has 0 aliphatic carbocycles. The Morgan fingerprint density at radius 3 is 2.21 bits per heavy atom. The number of ether oxygens (including phenoxy) is 1. The van der Waals surface area contributed by atoms with E-state index in [0.717, 1.165) is 16.8 Å². The van der Waals surface area contributed by atoms with Gasteiger partial charge in [-0.05, 0) is 56.2 Å². The van der Waals surface area contributed by atoms with E-state index in [2.05, 4.69) is 21.4 Å². The quantitative estimate of drug-likeness (QED) is 0.739. The first-order chi connectivity index (χ1) is 11.5. The number of rotatable bonds is 4. The molecule has 3 aromatic rings. The molecule has 3 rings (SSSR count). The zero-order valence-corrected chi connectivity index (χ0v) is 14.0. The SMILES string of the molecule is Cc1ccc(Nc2ncnc(Oc3cc(C)cc(C)c3)c2N)cc1. The average Bonchev–Trinajstić information content (AvgIpc) is 2.52. The Hall–Kier alpha value is -3.08. The number of benzene rings is 2. The molecule has 24 heavy (non-hydrogen) atoms. The fourth-order valence-electron chi connectivity index (χ4n) is 2.44. The highest BCUT2D eigenvalue weighted by molar-refractivity contribution is 5.72. The lowest BCUT2D eigenvalue weighted by molar-refractivity contribution is 0.464. The molecular weight excluding hydrogens is 300 g/mol. The van der Waals surface area contributed by atoms with Gasteiger partial charge in [-0.15, -0.1) is 0 Å². The van der Waals surface area contributed by atoms with E-state index in [-0.39, 0.29) is 0 Å². The topological polar surface area (TPSA) is 73.1 Å². The molecule has 0 radical (unpaired) electrons. The number of hydrogen-bond acceptors (Lipinski definition) is 5. The summed E-state index contributed by atoms with van der Waals surface area (Å²) in [5.41, 5.74) is 10.9. The second-order valence-corrected chi connectivity index (χ2v) is 5.86. The van der Waals surface area contributed by atoms with Gasteiger partial charge in [0, 0.05) is 5.69 Å². The molecule has 0 spiro atoms. The van der Waals surface area contributed by atoms with E-state index < -0.39 is 0 Å². The Balaban J connectivity index is 1.86. The van der Waals surface area contributed by atoms with E-state index >= 15 is 0 Å². The van der Waals surface area contributed by atoms with Crippen LogP contribution in [0.3, 0.4) is 0 Å². The number of anilines is 3. The van der Waals surface area contributed by atoms with Crippen molar-refractivity contribution < 1.29 is 4.74 Å². The van der Waals surface area contributed by atoms with E-state index in [4.69, 9.17) is 10.5 Å². The summed E-state index contributed by atoms with van der Waals surface area (Å²) in [6, 6.07) is 14.0. The second kappa shape index (κ2) is 6.58. The Labute approximate surface area is 141 Å². The van der Waals surface area contributed by atoms with Gasteiger partial charge in [0.1, 0.15) is 17.8 Å². The van der Waals surface area contributed by atoms with E-state index in [1.807, 2.05) is 57.2 Å². The van der Waals surface area contributed by atoms with Crippen molar-refractivity contribution in [3.8, 4) is 11.6 Å². The Kier molecular flexibility index (Phi) is 4.33. The molecule has 0 fully saturated rings. The Bertz CT molecular complexity index is 839. The van der Waals surface area contributed by atoms with Crippen molar-refractivity contribution in [1.82, 2.24) is 9.97 Å². The lowest BCUT2D eigenvalue weighted by Crippen LogP contribution is -2.03. The van der Waals surface area contributed by atoms with Crippen LogP contribution in [-0.2, 0) is 0 Å². The van der Waals surface area contributed by atoms with Gasteiger partial charge in [0.15, 0.2) is 5.82 Å². The molecule has 0 atom stereocenters. The molecule has 0 unspecified atom stereocenters. The molecule has 0 bridgehead atoms. The van der Waals surface area contributed by atoms with E-state index in [1.165, 1.54) is 11.9 Å². The van der Waals surface area contributed by atoms with Crippen molar-refractivity contribution in [2.45, 2.75) is 20.8 Å². The number of nitrogen functional groups attached to an aromatic ring is 1. The first kappa shape index (κ1) is 15.8. The van der Waals surface area contributed by atoms with Crippen molar-refractivity contribution in [2.75, 3.05) is 11.1 Å². The van der Waals surface area contributed by atoms with Crippen molar-refractivity contribution in [3.63, 3.8) is 0 Å². The summed E-state index contributed by atoms with van der Waals surface area (Å²) in [5, 5.41) is 3.19. The highest BCUT2D eigenvalue weighted by Crippen LogP contribution is 2.31. The fraction of sp³-hybridized carbons (Fsp3) is 0.158. The lowest BCUT2D eigenvalue weighted by Gasteiger charge is -2.12. The summed E-state index contributed by atoms with van der Waals surface area (Å²) >= 11 is 0. The molecule has 122 valence electrons. The Morgan fingerprint density at radius 1 is 0.875 bits per heavy atom. The summed E-state index contributed by atoms with van der Waals surface area (Å²) < 4.78 is 5.85. The van der Waals surface area contributed by atoms with Crippen LogP contribution in [0.5, 0.6) is 11.6 Å². The first-order valence-electron chi connectivity index (χ1n) is 7.71. The predicted octanol–water partition coefficient (Wildman–Crippen LogP) is 4.52. The third-order valence-electron chi connectivity index (χ3n) is 3.57. The van der Waals surface area contributed by atoms with Crippen LogP contribution in [0.2, 0.25) is 0 Å². The van der Waals surface area contributed by atoms with Crippen molar-refractivity contribution in [3.05, 3.63) is 65.5 Å². The molecule has 3 N–H and O–H groups in total. The minimum Gasteiger partial charge on any atom is -0.437 e. The largest absolute Gasteiger partial charge is 0.437 e. The molecular formula is C19H20N4O. The number of nitrogens with zero attached hydrogens (tertiary/aromatic N) is 2. The molecule has 2 aromatic carbocycles. The van der Waals surface area contributed by atoms with Crippen LogP contribution in [0.25, 0.3) is 0 Å². The lowest BCUT2D eigenvalue weighted by atomic mass is 10.1. The summed E-state index contributed by atoms with van der Waals surface area (Å²) in [5.74, 6) is 1.57. The minimum atomic E-state index is 0.338. The third kappa shape index (κ3) is 3.63. The zero-order chi connectivity index (χ0) is 17.1. The van der Waals surface area contributed by atoms with Crippen molar-refractivity contribution >= 4 is 17.2 Å². The van der Waals surface area contributed by atoms with Gasteiger partial charge in [-0.25, -0.2) is 4.98 Å². The van der Waals surface area contributed by atoms with Gasteiger partial charge in [0.2, 0.25) is 5.88 Å². The van der Waals surface area contributed by atoms with Crippen LogP contribution < -0.4 is 15.8 Å². The smallest absolute Gasteiger partial charge is 0.248 e. The monoisotopic (exact) mass is 320 g/mol. The van der Waals surface area contributed by atoms with Gasteiger partial charge >= 0.3 is 0 Å². The highest BCUT2D eigenvalue weighted by atomic mass is 16.5. The zero-order valence-electron chi connectivity index (χ0n) is 14.0. The number of nitrogens with two attached hydrogens (primary N) is 1. The first-order valence-corrected chi connectivity index (χ1v) is 7.71. The third-order valence-corrected chi connectivity index (χ3v) is 3.57. The van der Waals surface area contributed by atoms with Crippen LogP contribution in [0.1, 0.15) is 16.7 Å². The van der Waals surface area contributed by atoms with Gasteiger partial charge in [0.05, 0.1) is 0 Å². The molecule has 1 aromatic heterocycles. The average molecular weight is 320 g/mol. The molecule has 5 heteroatoms. The molecule has 0 amide bonds. The molecule has 1 heterocycles. The molecule has 0 aliphatic heterocycles. The highest BCUT2D eigenvalue weighted by Gasteiger charge is 2.11. The number of aryl methyl sites for hydroxylation is 3. The molecule has 5 nitrogen and oxygen atoms in total. The normalized spacial score (nSPS) is 10.5.